The number of hydrogen-bond donors (Lipinski definition) is 0. The van der Waals surface area contributed by atoms with Gasteiger partial charge in [-0.2, -0.15) is 4.31 Å². The molecule has 2 aromatic carbocycles. The summed E-state index contributed by atoms with van der Waals surface area (Å²) >= 11 is 13.8. The van der Waals surface area contributed by atoms with Crippen molar-refractivity contribution < 1.29 is 8.42 Å². The summed E-state index contributed by atoms with van der Waals surface area (Å²) in [4.78, 5) is 7.22. The maximum atomic E-state index is 12.9. The summed E-state index contributed by atoms with van der Waals surface area (Å²) in [6, 6.07) is 12.5. The molecule has 1 fully saturated rings. The maximum Gasteiger partial charge on any atom is 0.243 e. The highest BCUT2D eigenvalue weighted by Gasteiger charge is 2.29. The Morgan fingerprint density at radius 1 is 1.03 bits per heavy atom. The summed E-state index contributed by atoms with van der Waals surface area (Å²) in [5.74, 6) is 0. The van der Waals surface area contributed by atoms with Crippen molar-refractivity contribution in [3.8, 4) is 0 Å². The third-order valence-electron chi connectivity index (χ3n) is 5.09. The second kappa shape index (κ2) is 8.85. The largest absolute Gasteiger partial charge is 0.345 e. The number of nitrogens with zero attached hydrogens (tertiary/aromatic N) is 3. The lowest BCUT2D eigenvalue weighted by molar-refractivity contribution is 0.384. The monoisotopic (exact) mass is 481 g/mol. The second-order valence-electron chi connectivity index (χ2n) is 7.24. The van der Waals surface area contributed by atoms with Gasteiger partial charge >= 0.3 is 0 Å². The van der Waals surface area contributed by atoms with Crippen LogP contribution in [0.3, 0.4) is 0 Å². The van der Waals surface area contributed by atoms with Gasteiger partial charge in [-0.25, -0.2) is 13.4 Å². The van der Waals surface area contributed by atoms with E-state index < -0.39 is 10.0 Å². The fraction of sp³-hybridized carbons (Fsp3) is 0.286. The smallest absolute Gasteiger partial charge is 0.243 e. The van der Waals surface area contributed by atoms with Crippen molar-refractivity contribution in [3.05, 3.63) is 74.7 Å². The number of aryl methyl sites for hydroxylation is 1. The number of benzene rings is 2. The molecule has 5 nitrogen and oxygen atoms in total. The van der Waals surface area contributed by atoms with E-state index in [1.54, 1.807) is 33.8 Å². The molecule has 0 bridgehead atoms. The van der Waals surface area contributed by atoms with Crippen LogP contribution in [0.4, 0.5) is 5.13 Å². The first-order valence-electron chi connectivity index (χ1n) is 9.53. The molecule has 0 spiro atoms. The highest BCUT2D eigenvalue weighted by atomic mass is 35.5. The Morgan fingerprint density at radius 2 is 1.73 bits per heavy atom. The molecule has 2 heterocycles. The standard InChI is InChI=1S/C21H21Cl2N3O2S2/c1-15-2-6-19(7-3-15)30(27,28)26-10-8-25(9-11-26)21-24-18(14-29-21)12-16-4-5-17(22)13-20(16)23/h2-7,13-14H,8-12H2,1H3. The van der Waals surface area contributed by atoms with Gasteiger partial charge in [-0.15, -0.1) is 11.3 Å². The zero-order valence-corrected chi connectivity index (χ0v) is 19.5. The Balaban J connectivity index is 1.40. The van der Waals surface area contributed by atoms with E-state index in [0.717, 1.165) is 22.0 Å². The molecule has 0 unspecified atom stereocenters. The van der Waals surface area contributed by atoms with Crippen LogP contribution in [0.25, 0.3) is 0 Å². The summed E-state index contributed by atoms with van der Waals surface area (Å²) in [7, 11) is -3.46. The minimum atomic E-state index is -3.46. The van der Waals surface area contributed by atoms with Crippen molar-refractivity contribution in [1.82, 2.24) is 9.29 Å². The van der Waals surface area contributed by atoms with Crippen molar-refractivity contribution in [1.29, 1.82) is 0 Å². The van der Waals surface area contributed by atoms with Crippen LogP contribution in [-0.2, 0) is 16.4 Å². The molecule has 4 rings (SSSR count). The predicted octanol–water partition coefficient (Wildman–Crippen LogP) is 4.86. The number of piperazine rings is 1. The fourth-order valence-corrected chi connectivity index (χ4v) is 6.14. The van der Waals surface area contributed by atoms with Gasteiger partial charge in [0.2, 0.25) is 10.0 Å². The minimum Gasteiger partial charge on any atom is -0.345 e. The number of aromatic nitrogens is 1. The van der Waals surface area contributed by atoms with Crippen molar-refractivity contribution in [3.63, 3.8) is 0 Å². The zero-order valence-electron chi connectivity index (χ0n) is 16.4. The lowest BCUT2D eigenvalue weighted by atomic mass is 10.1. The average molecular weight is 482 g/mol. The molecule has 3 aromatic rings. The second-order valence-corrected chi connectivity index (χ2v) is 10.9. The lowest BCUT2D eigenvalue weighted by Gasteiger charge is -2.33. The van der Waals surface area contributed by atoms with Crippen LogP contribution in [0.1, 0.15) is 16.8 Å². The van der Waals surface area contributed by atoms with Gasteiger partial charge in [-0.3, -0.25) is 0 Å². The molecule has 0 amide bonds. The van der Waals surface area contributed by atoms with Gasteiger partial charge in [0.15, 0.2) is 5.13 Å². The van der Waals surface area contributed by atoms with E-state index in [0.29, 0.717) is 47.5 Å². The normalized spacial score (nSPS) is 15.5. The number of rotatable bonds is 5. The Hall–Kier alpha value is -1.64. The van der Waals surface area contributed by atoms with Gasteiger partial charge < -0.3 is 4.90 Å². The Morgan fingerprint density at radius 3 is 2.40 bits per heavy atom. The highest BCUT2D eigenvalue weighted by molar-refractivity contribution is 7.89. The topological polar surface area (TPSA) is 53.5 Å². The molecule has 0 atom stereocenters. The van der Waals surface area contributed by atoms with Gasteiger partial charge in [0.1, 0.15) is 0 Å². The molecule has 1 aliphatic rings. The molecule has 9 heteroatoms. The molecule has 0 radical (unpaired) electrons. The Kier molecular flexibility index (Phi) is 6.36. The summed E-state index contributed by atoms with van der Waals surface area (Å²) in [6.45, 7) is 4.04. The molecule has 1 saturated heterocycles. The molecule has 0 saturated carbocycles. The quantitative estimate of drug-likeness (QED) is 0.521. The predicted molar refractivity (Wildman–Crippen MR) is 124 cm³/mol. The molecular weight excluding hydrogens is 461 g/mol. The van der Waals surface area contributed by atoms with E-state index in [9.17, 15) is 8.42 Å². The third-order valence-corrected chi connectivity index (χ3v) is 8.54. The third kappa shape index (κ3) is 4.65. The number of sulfonamides is 1. The van der Waals surface area contributed by atoms with Crippen LogP contribution >= 0.6 is 34.5 Å². The molecule has 30 heavy (non-hydrogen) atoms. The van der Waals surface area contributed by atoms with Crippen LogP contribution in [-0.4, -0.2) is 43.9 Å². The number of hydrogen-bond acceptors (Lipinski definition) is 5. The van der Waals surface area contributed by atoms with Crippen LogP contribution in [0.2, 0.25) is 10.0 Å². The number of anilines is 1. The van der Waals surface area contributed by atoms with E-state index in [4.69, 9.17) is 28.2 Å². The average Bonchev–Trinajstić information content (AvgIpc) is 3.19. The van der Waals surface area contributed by atoms with Gasteiger partial charge in [0.25, 0.3) is 0 Å². The lowest BCUT2D eigenvalue weighted by Crippen LogP contribution is -2.48. The maximum absolute atomic E-state index is 12.9. The minimum absolute atomic E-state index is 0.345. The first-order valence-corrected chi connectivity index (χ1v) is 12.6. The van der Waals surface area contributed by atoms with Crippen molar-refractivity contribution in [2.45, 2.75) is 18.2 Å². The van der Waals surface area contributed by atoms with Gasteiger partial charge in [0.05, 0.1) is 10.6 Å². The summed E-state index contributed by atoms with van der Waals surface area (Å²) < 4.78 is 27.3. The van der Waals surface area contributed by atoms with Crippen molar-refractivity contribution >= 4 is 49.7 Å². The highest BCUT2D eigenvalue weighted by Crippen LogP contribution is 2.28. The van der Waals surface area contributed by atoms with E-state index in [1.807, 2.05) is 36.6 Å². The fourth-order valence-electron chi connectivity index (χ4n) is 3.36. The Labute approximate surface area is 190 Å². The summed E-state index contributed by atoms with van der Waals surface area (Å²) in [5.41, 5.74) is 2.96. The van der Waals surface area contributed by atoms with E-state index >= 15 is 0 Å². The molecular formula is C21H21Cl2N3O2S2. The number of thiazole rings is 1. The number of halogens is 2. The molecule has 0 N–H and O–H groups in total. The van der Waals surface area contributed by atoms with Gasteiger partial charge in [-0.1, -0.05) is 47.0 Å². The molecule has 158 valence electrons. The summed E-state index contributed by atoms with van der Waals surface area (Å²) in [6.07, 6.45) is 0.633. The SMILES string of the molecule is Cc1ccc(S(=O)(=O)N2CCN(c3nc(Cc4ccc(Cl)cc4Cl)cs3)CC2)cc1. The first kappa shape index (κ1) is 21.6. The van der Waals surface area contributed by atoms with Crippen LogP contribution < -0.4 is 4.90 Å². The molecule has 1 aliphatic heterocycles. The first-order chi connectivity index (χ1) is 14.3. The zero-order chi connectivity index (χ0) is 21.3. The van der Waals surface area contributed by atoms with Gasteiger partial charge in [-0.05, 0) is 36.8 Å². The van der Waals surface area contributed by atoms with Crippen LogP contribution in [0.15, 0.2) is 52.7 Å². The van der Waals surface area contributed by atoms with E-state index in [-0.39, 0.29) is 0 Å². The summed E-state index contributed by atoms with van der Waals surface area (Å²) in [5, 5.41) is 4.17. The van der Waals surface area contributed by atoms with E-state index in [2.05, 4.69) is 4.90 Å². The molecule has 1 aromatic heterocycles. The van der Waals surface area contributed by atoms with E-state index in [1.165, 1.54) is 0 Å². The Bertz CT molecular complexity index is 1140. The molecule has 0 aliphatic carbocycles. The van der Waals surface area contributed by atoms with Crippen molar-refractivity contribution in [2.24, 2.45) is 0 Å². The van der Waals surface area contributed by atoms with Crippen LogP contribution in [0, 0.1) is 6.92 Å². The van der Waals surface area contributed by atoms with Crippen LogP contribution in [0.5, 0.6) is 0 Å². The van der Waals surface area contributed by atoms with Gasteiger partial charge in [0, 0.05) is 48.0 Å². The van der Waals surface area contributed by atoms with Crippen molar-refractivity contribution in [2.75, 3.05) is 31.1 Å².